The molecule has 1 aliphatic rings. The lowest BCUT2D eigenvalue weighted by Crippen LogP contribution is -2.36. The topological polar surface area (TPSA) is 60.3 Å². The summed E-state index contributed by atoms with van der Waals surface area (Å²) in [6.45, 7) is 0.750. The van der Waals surface area contributed by atoms with Gasteiger partial charge in [0.1, 0.15) is 0 Å². The Balaban J connectivity index is 2.62. The summed E-state index contributed by atoms with van der Waals surface area (Å²) >= 11 is 1.90. The highest BCUT2D eigenvalue weighted by Gasteiger charge is 2.04. The van der Waals surface area contributed by atoms with Gasteiger partial charge in [-0.2, -0.15) is 0 Å². The predicted molar refractivity (Wildman–Crippen MR) is 49.5 cm³/mol. The Labute approximate surface area is 72.8 Å². The van der Waals surface area contributed by atoms with Crippen LogP contribution in [0.5, 0.6) is 0 Å². The zero-order chi connectivity index (χ0) is 7.40. The van der Waals surface area contributed by atoms with E-state index in [1.165, 1.54) is 0 Å². The van der Waals surface area contributed by atoms with Gasteiger partial charge in [0.25, 0.3) is 0 Å². The van der Waals surface area contributed by atoms with Gasteiger partial charge in [0.05, 0.1) is 22.9 Å². The Kier molecular flexibility index (Phi) is 2.67. The molecule has 0 aromatic rings. The molecule has 1 rings (SSSR count). The summed E-state index contributed by atoms with van der Waals surface area (Å²) in [6, 6.07) is 0. The van der Waals surface area contributed by atoms with Crippen molar-refractivity contribution in [2.45, 2.75) is 0 Å². The minimum Gasteiger partial charge on any atom is -0.363 e. The smallest absolute Gasteiger partial charge is 0.170 e. The first kappa shape index (κ1) is 7.52. The van der Waals surface area contributed by atoms with Crippen LogP contribution in [0.3, 0.4) is 0 Å². The molecule has 1 heterocycles. The molecule has 0 radical (unpaired) electrons. The van der Waals surface area contributed by atoms with Crippen molar-refractivity contribution in [2.24, 2.45) is 4.99 Å². The number of nitrogens with one attached hydrogen (secondary N) is 3. The summed E-state index contributed by atoms with van der Waals surface area (Å²) in [5.74, 6) is 0.904. The van der Waals surface area contributed by atoms with Crippen LogP contribution in [-0.2, 0) is 0 Å². The van der Waals surface area contributed by atoms with Crippen LogP contribution in [0.4, 0.5) is 0 Å². The van der Waals surface area contributed by atoms with E-state index in [1.807, 2.05) is 28.9 Å². The molecule has 0 atom stereocenters. The fourth-order valence-corrected chi connectivity index (χ4v) is 0.834. The van der Waals surface area contributed by atoms with E-state index in [0.717, 1.165) is 6.54 Å². The molecule has 0 aliphatic carbocycles. The number of nitrogens with zero attached hydrogens (tertiary/aromatic N) is 1. The maximum atomic E-state index is 7.29. The maximum absolute atomic E-state index is 7.29. The number of amidine groups is 2. The normalized spacial score (nSPS) is 15.5. The van der Waals surface area contributed by atoms with Gasteiger partial charge in [-0.3, -0.25) is 5.41 Å². The van der Waals surface area contributed by atoms with Crippen LogP contribution in [-0.4, -0.2) is 18.2 Å². The molecule has 0 fully saturated rings. The SMILES string of the molecule is N=C(NI)C1=NC=CCN1. The molecule has 10 heavy (non-hydrogen) atoms. The molecule has 4 nitrogen and oxygen atoms in total. The van der Waals surface area contributed by atoms with E-state index in [0.29, 0.717) is 11.7 Å². The molecule has 1 aliphatic heterocycles. The number of hydrogen-bond acceptors (Lipinski definition) is 3. The monoisotopic (exact) mass is 250 g/mol. The molecule has 0 bridgehead atoms. The lowest BCUT2D eigenvalue weighted by atomic mass is 10.4. The first-order chi connectivity index (χ1) is 4.84. The third-order valence-corrected chi connectivity index (χ3v) is 1.57. The third kappa shape index (κ3) is 1.69. The molecule has 0 saturated heterocycles. The minimum absolute atomic E-state index is 0.310. The standard InChI is InChI=1S/C5H7IN4/c6-10-4(7)5-8-2-1-3-9-5/h1-2H,3H2,(H2,7,10)(H,8,9). The Bertz CT molecular complexity index is 196. The molecule has 0 aromatic carbocycles. The predicted octanol–water partition coefficient (Wildman–Crippen LogP) is 0.419. The first-order valence-corrected chi connectivity index (χ1v) is 3.84. The second-order valence-corrected chi connectivity index (χ2v) is 2.25. The lowest BCUT2D eigenvalue weighted by Gasteiger charge is -2.09. The Morgan fingerprint density at radius 3 is 3.20 bits per heavy atom. The van der Waals surface area contributed by atoms with Crippen LogP contribution < -0.4 is 8.85 Å². The molecule has 0 unspecified atom stereocenters. The van der Waals surface area contributed by atoms with Crippen LogP contribution in [0.25, 0.3) is 0 Å². The van der Waals surface area contributed by atoms with Crippen molar-refractivity contribution in [1.82, 2.24) is 8.85 Å². The summed E-state index contributed by atoms with van der Waals surface area (Å²) in [5, 5.41) is 10.2. The molecule has 54 valence electrons. The van der Waals surface area contributed by atoms with Crippen molar-refractivity contribution in [2.75, 3.05) is 6.54 Å². The molecule has 0 spiro atoms. The van der Waals surface area contributed by atoms with Crippen LogP contribution in [0.1, 0.15) is 0 Å². The fraction of sp³-hybridized carbons (Fsp3) is 0.200. The number of halogens is 1. The third-order valence-electron chi connectivity index (χ3n) is 1.03. The van der Waals surface area contributed by atoms with Gasteiger partial charge in [0, 0.05) is 12.7 Å². The highest BCUT2D eigenvalue weighted by Crippen LogP contribution is 1.87. The summed E-state index contributed by atoms with van der Waals surface area (Å²) in [4.78, 5) is 3.93. The fourth-order valence-electron chi connectivity index (χ4n) is 0.579. The van der Waals surface area contributed by atoms with Crippen molar-refractivity contribution in [1.29, 1.82) is 5.41 Å². The van der Waals surface area contributed by atoms with Crippen molar-refractivity contribution < 1.29 is 0 Å². The molecular weight excluding hydrogens is 243 g/mol. The largest absolute Gasteiger partial charge is 0.363 e. The molecular formula is C5H7IN4. The van der Waals surface area contributed by atoms with E-state index in [-0.39, 0.29) is 0 Å². The summed E-state index contributed by atoms with van der Waals surface area (Å²) in [5.41, 5.74) is 0. The number of hydrogen-bond donors (Lipinski definition) is 3. The quantitative estimate of drug-likeness (QED) is 0.273. The van der Waals surface area contributed by atoms with Gasteiger partial charge in [-0.05, 0) is 6.08 Å². The van der Waals surface area contributed by atoms with Gasteiger partial charge < -0.3 is 8.85 Å². The molecule has 3 N–H and O–H groups in total. The second-order valence-electron chi connectivity index (χ2n) is 1.71. The van der Waals surface area contributed by atoms with Gasteiger partial charge in [0.2, 0.25) is 0 Å². The average Bonchev–Trinajstić information content (AvgIpc) is 2.05. The van der Waals surface area contributed by atoms with Crippen molar-refractivity contribution >= 4 is 34.5 Å². The molecule has 5 heteroatoms. The minimum atomic E-state index is 0.310. The van der Waals surface area contributed by atoms with Gasteiger partial charge in [0.15, 0.2) is 11.7 Å². The van der Waals surface area contributed by atoms with Gasteiger partial charge in [-0.15, -0.1) is 0 Å². The lowest BCUT2D eigenvalue weighted by molar-refractivity contribution is 1.02. The average molecular weight is 250 g/mol. The van der Waals surface area contributed by atoms with Crippen molar-refractivity contribution in [3.8, 4) is 0 Å². The Morgan fingerprint density at radius 2 is 2.70 bits per heavy atom. The van der Waals surface area contributed by atoms with E-state index < -0.39 is 0 Å². The van der Waals surface area contributed by atoms with E-state index in [4.69, 9.17) is 5.41 Å². The highest BCUT2D eigenvalue weighted by molar-refractivity contribution is 14.1. The van der Waals surface area contributed by atoms with Gasteiger partial charge in [-0.1, -0.05) is 0 Å². The summed E-state index contributed by atoms with van der Waals surface area (Å²) in [6.07, 6.45) is 3.58. The maximum Gasteiger partial charge on any atom is 0.170 e. The first-order valence-electron chi connectivity index (χ1n) is 2.77. The van der Waals surface area contributed by atoms with E-state index >= 15 is 0 Å². The van der Waals surface area contributed by atoms with Crippen LogP contribution in [0.15, 0.2) is 17.3 Å². The highest BCUT2D eigenvalue weighted by atomic mass is 127. The number of rotatable bonds is 1. The summed E-state index contributed by atoms with van der Waals surface area (Å²) in [7, 11) is 0. The summed E-state index contributed by atoms with van der Waals surface area (Å²) < 4.78 is 2.66. The zero-order valence-electron chi connectivity index (χ0n) is 5.19. The molecule has 0 amide bonds. The van der Waals surface area contributed by atoms with E-state index in [1.54, 1.807) is 6.20 Å². The van der Waals surface area contributed by atoms with Crippen molar-refractivity contribution in [3.63, 3.8) is 0 Å². The van der Waals surface area contributed by atoms with E-state index in [2.05, 4.69) is 13.8 Å². The number of aliphatic imine (C=N–C) groups is 1. The molecule has 0 aromatic heterocycles. The van der Waals surface area contributed by atoms with Gasteiger partial charge >= 0.3 is 0 Å². The van der Waals surface area contributed by atoms with Crippen LogP contribution in [0, 0.1) is 5.41 Å². The zero-order valence-corrected chi connectivity index (χ0v) is 7.34. The van der Waals surface area contributed by atoms with E-state index in [9.17, 15) is 0 Å². The van der Waals surface area contributed by atoms with Gasteiger partial charge in [-0.25, -0.2) is 4.99 Å². The van der Waals surface area contributed by atoms with Crippen molar-refractivity contribution in [3.05, 3.63) is 12.3 Å². The van der Waals surface area contributed by atoms with Crippen LogP contribution >= 0.6 is 22.9 Å². The Morgan fingerprint density at radius 1 is 1.90 bits per heavy atom. The second kappa shape index (κ2) is 3.55. The van der Waals surface area contributed by atoms with Crippen LogP contribution in [0.2, 0.25) is 0 Å². The Hall–Kier alpha value is -0.590. The molecule has 0 saturated carbocycles.